The summed E-state index contributed by atoms with van der Waals surface area (Å²) in [5.74, 6) is -2.79. The van der Waals surface area contributed by atoms with Gasteiger partial charge in [0.2, 0.25) is 0 Å². The summed E-state index contributed by atoms with van der Waals surface area (Å²) < 4.78 is 10.0. The third kappa shape index (κ3) is 7.41. The zero-order valence-corrected chi connectivity index (χ0v) is 17.1. The average Bonchev–Trinajstić information content (AvgIpc) is 2.70. The molecule has 1 fully saturated rings. The van der Waals surface area contributed by atoms with E-state index < -0.39 is 53.3 Å². The number of ether oxygens (including phenoxy) is 2. The average molecular weight is 401 g/mol. The van der Waals surface area contributed by atoms with Crippen molar-refractivity contribution in [2.75, 3.05) is 0 Å². The van der Waals surface area contributed by atoms with Crippen molar-refractivity contribution < 1.29 is 38.3 Å². The number of amides is 4. The van der Waals surface area contributed by atoms with Crippen LogP contribution in [0.3, 0.4) is 0 Å². The molecule has 0 aromatic heterocycles. The van der Waals surface area contributed by atoms with E-state index in [9.17, 15) is 24.0 Å². The Balaban J connectivity index is 2.63. The van der Waals surface area contributed by atoms with Crippen LogP contribution in [-0.2, 0) is 28.7 Å². The maximum absolute atomic E-state index is 12.2. The molecular formula is C17H27N3O8. The number of rotatable bonds is 4. The lowest BCUT2D eigenvalue weighted by Gasteiger charge is -2.22. The van der Waals surface area contributed by atoms with Gasteiger partial charge in [-0.05, 0) is 48.5 Å². The number of hydroxylamine groups is 2. The first-order valence-corrected chi connectivity index (χ1v) is 8.66. The Morgan fingerprint density at radius 2 is 1.50 bits per heavy atom. The van der Waals surface area contributed by atoms with Gasteiger partial charge < -0.3 is 24.9 Å². The van der Waals surface area contributed by atoms with E-state index >= 15 is 0 Å². The fourth-order valence-electron chi connectivity index (χ4n) is 1.98. The largest absolute Gasteiger partial charge is 0.444 e. The van der Waals surface area contributed by atoms with Crippen LogP contribution in [-0.4, -0.2) is 58.3 Å². The normalized spacial score (nSPS) is 18.4. The van der Waals surface area contributed by atoms with Crippen LogP contribution < -0.4 is 10.6 Å². The van der Waals surface area contributed by atoms with Crippen molar-refractivity contribution in [1.82, 2.24) is 15.7 Å². The first-order valence-electron chi connectivity index (χ1n) is 8.66. The Bertz CT molecular complexity index is 662. The minimum absolute atomic E-state index is 0.262. The number of carbonyl (C=O) groups excluding carboxylic acids is 5. The molecule has 1 aliphatic heterocycles. The molecule has 1 saturated heterocycles. The van der Waals surface area contributed by atoms with Crippen LogP contribution in [0.2, 0.25) is 0 Å². The van der Waals surface area contributed by atoms with E-state index in [4.69, 9.17) is 14.3 Å². The van der Waals surface area contributed by atoms with E-state index in [0.29, 0.717) is 0 Å². The number of carbonyl (C=O) groups is 5. The van der Waals surface area contributed by atoms with E-state index in [1.54, 1.807) is 41.5 Å². The van der Waals surface area contributed by atoms with Crippen molar-refractivity contribution in [3.8, 4) is 0 Å². The van der Waals surface area contributed by atoms with Crippen LogP contribution in [0.5, 0.6) is 0 Å². The quantitative estimate of drug-likeness (QED) is 0.665. The molecule has 0 spiro atoms. The van der Waals surface area contributed by atoms with Gasteiger partial charge in [-0.15, -0.1) is 5.06 Å². The Morgan fingerprint density at radius 1 is 1.00 bits per heavy atom. The molecular weight excluding hydrogens is 374 g/mol. The van der Waals surface area contributed by atoms with Crippen LogP contribution >= 0.6 is 0 Å². The van der Waals surface area contributed by atoms with Gasteiger partial charge in [0.25, 0.3) is 11.8 Å². The lowest BCUT2D eigenvalue weighted by molar-refractivity contribution is -0.198. The molecule has 2 atom stereocenters. The predicted octanol–water partition coefficient (Wildman–Crippen LogP) is 1.01. The SMILES string of the molecule is C[C@H](NC(=O)OC(C)(C)C)C(=O)ON1C(=O)C[C@H](NC(=O)OC(C)(C)C)C1=O. The number of imide groups is 1. The van der Waals surface area contributed by atoms with Crippen molar-refractivity contribution >= 4 is 30.0 Å². The number of nitrogens with one attached hydrogen (secondary N) is 2. The molecule has 0 aromatic carbocycles. The Hall–Kier alpha value is -2.85. The second-order valence-corrected chi connectivity index (χ2v) is 8.21. The predicted molar refractivity (Wildman–Crippen MR) is 94.6 cm³/mol. The van der Waals surface area contributed by atoms with Crippen LogP contribution in [0.15, 0.2) is 0 Å². The molecule has 4 amide bonds. The number of nitrogens with zero attached hydrogens (tertiary/aromatic N) is 1. The van der Waals surface area contributed by atoms with Gasteiger partial charge in [0.1, 0.15) is 23.3 Å². The van der Waals surface area contributed by atoms with Gasteiger partial charge in [-0.1, -0.05) is 0 Å². The molecule has 11 heteroatoms. The van der Waals surface area contributed by atoms with Gasteiger partial charge in [0.05, 0.1) is 6.42 Å². The van der Waals surface area contributed by atoms with Gasteiger partial charge in [0, 0.05) is 0 Å². The fourth-order valence-corrected chi connectivity index (χ4v) is 1.98. The topological polar surface area (TPSA) is 140 Å². The van der Waals surface area contributed by atoms with Gasteiger partial charge in [-0.25, -0.2) is 14.4 Å². The van der Waals surface area contributed by atoms with E-state index in [1.165, 1.54) is 6.92 Å². The Labute approximate surface area is 163 Å². The first-order chi connectivity index (χ1) is 12.6. The molecule has 1 rings (SSSR count). The molecule has 2 N–H and O–H groups in total. The van der Waals surface area contributed by atoms with Crippen molar-refractivity contribution in [2.45, 2.75) is 78.2 Å². The summed E-state index contributed by atoms with van der Waals surface area (Å²) in [5, 5.41) is 4.75. The summed E-state index contributed by atoms with van der Waals surface area (Å²) in [5.41, 5.74) is -1.56. The highest BCUT2D eigenvalue weighted by atomic mass is 16.7. The minimum atomic E-state index is -1.22. The van der Waals surface area contributed by atoms with Gasteiger partial charge >= 0.3 is 18.2 Å². The Kier molecular flexibility index (Phi) is 6.99. The van der Waals surface area contributed by atoms with E-state index in [1.807, 2.05) is 0 Å². The summed E-state index contributed by atoms with van der Waals surface area (Å²) in [6, 6.07) is -2.41. The molecule has 158 valence electrons. The molecule has 0 aromatic rings. The van der Waals surface area contributed by atoms with Gasteiger partial charge in [-0.3, -0.25) is 9.59 Å². The number of hydrogen-bond acceptors (Lipinski definition) is 8. The van der Waals surface area contributed by atoms with E-state index in [-0.39, 0.29) is 11.5 Å². The lowest BCUT2D eigenvalue weighted by Crippen LogP contribution is -2.47. The van der Waals surface area contributed by atoms with Gasteiger partial charge in [0.15, 0.2) is 0 Å². The fraction of sp³-hybridized carbons (Fsp3) is 0.706. The second kappa shape index (κ2) is 8.44. The van der Waals surface area contributed by atoms with Crippen molar-refractivity contribution in [2.24, 2.45) is 0 Å². The molecule has 11 nitrogen and oxygen atoms in total. The highest BCUT2D eigenvalue weighted by molar-refractivity contribution is 6.06. The summed E-state index contributed by atoms with van der Waals surface area (Å²) >= 11 is 0. The molecule has 0 radical (unpaired) electrons. The van der Waals surface area contributed by atoms with Crippen LogP contribution in [0.1, 0.15) is 54.9 Å². The van der Waals surface area contributed by atoms with Crippen molar-refractivity contribution in [3.63, 3.8) is 0 Å². The molecule has 28 heavy (non-hydrogen) atoms. The molecule has 0 aliphatic carbocycles. The van der Waals surface area contributed by atoms with Crippen LogP contribution in [0.25, 0.3) is 0 Å². The maximum Gasteiger partial charge on any atom is 0.408 e. The number of hydrogen-bond donors (Lipinski definition) is 2. The summed E-state index contributed by atoms with van der Waals surface area (Å²) in [6.45, 7) is 11.2. The zero-order valence-electron chi connectivity index (χ0n) is 17.1. The summed E-state index contributed by atoms with van der Waals surface area (Å²) in [6.07, 6.45) is -2.13. The van der Waals surface area contributed by atoms with E-state index in [2.05, 4.69) is 10.6 Å². The van der Waals surface area contributed by atoms with Gasteiger partial charge in [-0.2, -0.15) is 0 Å². The monoisotopic (exact) mass is 401 g/mol. The second-order valence-electron chi connectivity index (χ2n) is 8.21. The van der Waals surface area contributed by atoms with E-state index in [0.717, 1.165) is 0 Å². The molecule has 1 aliphatic rings. The summed E-state index contributed by atoms with van der Waals surface area (Å²) in [4.78, 5) is 64.4. The van der Waals surface area contributed by atoms with Crippen molar-refractivity contribution in [1.29, 1.82) is 0 Å². The Morgan fingerprint density at radius 3 is 2.00 bits per heavy atom. The minimum Gasteiger partial charge on any atom is -0.444 e. The standard InChI is InChI=1S/C17H27N3O8/c1-9(18-14(24)26-16(2,3)4)13(23)28-20-11(21)8-10(12(20)22)19-15(25)27-17(5,6)7/h9-10H,8H2,1-7H3,(H,18,24)(H,19,25)/t9-,10-/m0/s1. The highest BCUT2D eigenvalue weighted by Crippen LogP contribution is 2.16. The molecule has 0 bridgehead atoms. The first kappa shape index (κ1) is 23.2. The summed E-state index contributed by atoms with van der Waals surface area (Å²) in [7, 11) is 0. The third-order valence-electron chi connectivity index (χ3n) is 3.06. The van der Waals surface area contributed by atoms with Crippen molar-refractivity contribution in [3.05, 3.63) is 0 Å². The highest BCUT2D eigenvalue weighted by Gasteiger charge is 2.43. The zero-order chi connectivity index (χ0) is 21.9. The molecule has 1 heterocycles. The smallest absolute Gasteiger partial charge is 0.408 e. The third-order valence-corrected chi connectivity index (χ3v) is 3.06. The number of alkyl carbamates (subject to hydrolysis) is 2. The van der Waals surface area contributed by atoms with Crippen LogP contribution in [0.4, 0.5) is 9.59 Å². The van der Waals surface area contributed by atoms with Crippen LogP contribution in [0, 0.1) is 0 Å². The maximum atomic E-state index is 12.2. The molecule has 0 unspecified atom stereocenters. The molecule has 0 saturated carbocycles. The lowest BCUT2D eigenvalue weighted by atomic mass is 10.2.